The molecule has 4 unspecified atom stereocenters. The first-order valence-corrected chi connectivity index (χ1v) is 7.97. The molecule has 0 bridgehead atoms. The lowest BCUT2D eigenvalue weighted by molar-refractivity contribution is 0.0482. The summed E-state index contributed by atoms with van der Waals surface area (Å²) in [6.07, 6.45) is 2.60. The molecule has 1 heterocycles. The number of ether oxygens (including phenoxy) is 3. The van der Waals surface area contributed by atoms with Crippen LogP contribution in [0, 0.1) is 11.8 Å². The van der Waals surface area contributed by atoms with Gasteiger partial charge in [-0.2, -0.15) is 0 Å². The van der Waals surface area contributed by atoms with Crippen molar-refractivity contribution in [3.8, 4) is 17.2 Å². The topological polar surface area (TPSA) is 39.7 Å². The standard InChI is InChI=1S/C17H25NO3/c1-4-18-14-8-11(2)7-12(3)17(14)21-13-5-6-15-16(9-13)20-10-19-15/h5-6,9,11-12,14,17-18H,4,7-8,10H2,1-3H3. The van der Waals surface area contributed by atoms with Gasteiger partial charge in [0.1, 0.15) is 11.9 Å². The maximum atomic E-state index is 6.31. The largest absolute Gasteiger partial charge is 0.488 e. The Morgan fingerprint density at radius 1 is 1.19 bits per heavy atom. The SMILES string of the molecule is CCNC1CC(C)CC(C)C1Oc1ccc2c(c1)OCO2. The van der Waals surface area contributed by atoms with Crippen LogP contribution in [0.2, 0.25) is 0 Å². The van der Waals surface area contributed by atoms with Crippen LogP contribution in [-0.4, -0.2) is 25.5 Å². The fourth-order valence-electron chi connectivity index (χ4n) is 3.60. The molecule has 1 aliphatic carbocycles. The zero-order chi connectivity index (χ0) is 14.8. The van der Waals surface area contributed by atoms with Gasteiger partial charge in [0.05, 0.1) is 0 Å². The lowest BCUT2D eigenvalue weighted by atomic mass is 9.78. The van der Waals surface area contributed by atoms with Gasteiger partial charge in [0.15, 0.2) is 11.5 Å². The Kier molecular flexibility index (Phi) is 4.24. The van der Waals surface area contributed by atoms with E-state index in [1.54, 1.807) is 0 Å². The Labute approximate surface area is 126 Å². The molecule has 4 heteroatoms. The minimum absolute atomic E-state index is 0.210. The highest BCUT2D eigenvalue weighted by atomic mass is 16.7. The molecule has 1 aromatic carbocycles. The van der Waals surface area contributed by atoms with Crippen molar-refractivity contribution in [3.05, 3.63) is 18.2 Å². The van der Waals surface area contributed by atoms with Crippen LogP contribution in [0.4, 0.5) is 0 Å². The summed E-state index contributed by atoms with van der Waals surface area (Å²) >= 11 is 0. The molecule has 0 amide bonds. The first kappa shape index (κ1) is 14.5. The zero-order valence-corrected chi connectivity index (χ0v) is 13.1. The molecule has 0 spiro atoms. The number of nitrogens with one attached hydrogen (secondary N) is 1. The number of fused-ring (bicyclic) bond motifs is 1. The summed E-state index contributed by atoms with van der Waals surface area (Å²) in [4.78, 5) is 0. The summed E-state index contributed by atoms with van der Waals surface area (Å²) in [6.45, 7) is 8.05. The molecule has 1 aliphatic heterocycles. The molecule has 1 N–H and O–H groups in total. The Bertz CT molecular complexity index is 491. The molecule has 0 saturated heterocycles. The van der Waals surface area contributed by atoms with Gasteiger partial charge in [0.25, 0.3) is 0 Å². The first-order valence-electron chi connectivity index (χ1n) is 7.97. The molecule has 0 radical (unpaired) electrons. The fourth-order valence-corrected chi connectivity index (χ4v) is 3.60. The van der Waals surface area contributed by atoms with Crippen LogP contribution in [0.15, 0.2) is 18.2 Å². The van der Waals surface area contributed by atoms with E-state index in [-0.39, 0.29) is 6.10 Å². The van der Waals surface area contributed by atoms with Crippen LogP contribution in [0.3, 0.4) is 0 Å². The van der Waals surface area contributed by atoms with E-state index in [0.717, 1.165) is 29.7 Å². The van der Waals surface area contributed by atoms with Gasteiger partial charge in [-0.3, -0.25) is 0 Å². The monoisotopic (exact) mass is 291 g/mol. The minimum atomic E-state index is 0.210. The quantitative estimate of drug-likeness (QED) is 0.924. The van der Waals surface area contributed by atoms with E-state index < -0.39 is 0 Å². The molecule has 4 atom stereocenters. The third-order valence-corrected chi connectivity index (χ3v) is 4.47. The van der Waals surface area contributed by atoms with Crippen LogP contribution in [0.5, 0.6) is 17.2 Å². The molecule has 2 aliphatic rings. The first-order chi connectivity index (χ1) is 10.2. The van der Waals surface area contributed by atoms with Gasteiger partial charge in [-0.25, -0.2) is 0 Å². The fraction of sp³-hybridized carbons (Fsp3) is 0.647. The summed E-state index contributed by atoms with van der Waals surface area (Å²) in [7, 11) is 0. The predicted molar refractivity (Wildman–Crippen MR) is 82.0 cm³/mol. The highest BCUT2D eigenvalue weighted by Gasteiger charge is 2.35. The van der Waals surface area contributed by atoms with Gasteiger partial charge in [0, 0.05) is 12.1 Å². The number of hydrogen-bond acceptors (Lipinski definition) is 4. The van der Waals surface area contributed by atoms with Crippen molar-refractivity contribution in [1.29, 1.82) is 0 Å². The van der Waals surface area contributed by atoms with Crippen molar-refractivity contribution in [3.63, 3.8) is 0 Å². The lowest BCUT2D eigenvalue weighted by Crippen LogP contribution is -2.50. The van der Waals surface area contributed by atoms with E-state index in [1.165, 1.54) is 12.8 Å². The van der Waals surface area contributed by atoms with Crippen molar-refractivity contribution in [1.82, 2.24) is 5.32 Å². The van der Waals surface area contributed by atoms with Crippen molar-refractivity contribution < 1.29 is 14.2 Å². The minimum Gasteiger partial charge on any atom is -0.488 e. The van der Waals surface area contributed by atoms with E-state index in [1.807, 2.05) is 18.2 Å². The molecule has 1 fully saturated rings. The van der Waals surface area contributed by atoms with Gasteiger partial charge < -0.3 is 19.5 Å². The molecule has 0 aromatic heterocycles. The summed E-state index contributed by atoms with van der Waals surface area (Å²) in [5, 5.41) is 3.59. The van der Waals surface area contributed by atoms with Gasteiger partial charge in [-0.15, -0.1) is 0 Å². The van der Waals surface area contributed by atoms with Crippen LogP contribution in [0.25, 0.3) is 0 Å². The van der Waals surface area contributed by atoms with Crippen LogP contribution in [-0.2, 0) is 0 Å². The summed E-state index contributed by atoms with van der Waals surface area (Å²) in [5.41, 5.74) is 0. The number of hydrogen-bond donors (Lipinski definition) is 1. The van der Waals surface area contributed by atoms with Crippen molar-refractivity contribution in [2.75, 3.05) is 13.3 Å². The Hall–Kier alpha value is -1.42. The van der Waals surface area contributed by atoms with Crippen LogP contribution < -0.4 is 19.5 Å². The highest BCUT2D eigenvalue weighted by molar-refractivity contribution is 5.47. The maximum Gasteiger partial charge on any atom is 0.231 e. The Balaban J connectivity index is 1.74. The molecule has 1 saturated carbocycles. The Morgan fingerprint density at radius 3 is 2.81 bits per heavy atom. The van der Waals surface area contributed by atoms with Crippen molar-refractivity contribution >= 4 is 0 Å². The molecule has 116 valence electrons. The van der Waals surface area contributed by atoms with Crippen LogP contribution >= 0.6 is 0 Å². The molecule has 4 nitrogen and oxygen atoms in total. The zero-order valence-electron chi connectivity index (χ0n) is 13.1. The molecule has 1 aromatic rings. The second-order valence-corrected chi connectivity index (χ2v) is 6.32. The highest BCUT2D eigenvalue weighted by Crippen LogP contribution is 2.37. The van der Waals surface area contributed by atoms with E-state index in [4.69, 9.17) is 14.2 Å². The normalized spacial score (nSPS) is 31.2. The van der Waals surface area contributed by atoms with Gasteiger partial charge in [-0.1, -0.05) is 20.8 Å². The predicted octanol–water partition coefficient (Wildman–Crippen LogP) is 3.21. The van der Waals surface area contributed by atoms with E-state index >= 15 is 0 Å². The number of rotatable bonds is 4. The van der Waals surface area contributed by atoms with Crippen molar-refractivity contribution in [2.45, 2.75) is 45.8 Å². The summed E-state index contributed by atoms with van der Waals surface area (Å²) < 4.78 is 17.1. The Morgan fingerprint density at radius 2 is 2.00 bits per heavy atom. The van der Waals surface area contributed by atoms with E-state index in [2.05, 4.69) is 26.1 Å². The third-order valence-electron chi connectivity index (χ3n) is 4.47. The lowest BCUT2D eigenvalue weighted by Gasteiger charge is -2.40. The van der Waals surface area contributed by atoms with Crippen LogP contribution in [0.1, 0.15) is 33.6 Å². The molecule has 3 rings (SSSR count). The molecular formula is C17H25NO3. The van der Waals surface area contributed by atoms with Crippen molar-refractivity contribution in [2.24, 2.45) is 11.8 Å². The smallest absolute Gasteiger partial charge is 0.231 e. The molecular weight excluding hydrogens is 266 g/mol. The van der Waals surface area contributed by atoms with Gasteiger partial charge in [-0.05, 0) is 43.4 Å². The average molecular weight is 291 g/mol. The summed E-state index contributed by atoms with van der Waals surface area (Å²) in [6, 6.07) is 6.26. The van der Waals surface area contributed by atoms with E-state index in [0.29, 0.717) is 18.8 Å². The van der Waals surface area contributed by atoms with E-state index in [9.17, 15) is 0 Å². The third kappa shape index (κ3) is 3.10. The second-order valence-electron chi connectivity index (χ2n) is 6.32. The molecule has 21 heavy (non-hydrogen) atoms. The number of likely N-dealkylation sites (N-methyl/N-ethyl adjacent to an activating group) is 1. The van der Waals surface area contributed by atoms with Gasteiger partial charge in [0.2, 0.25) is 6.79 Å². The van der Waals surface area contributed by atoms with Gasteiger partial charge >= 0.3 is 0 Å². The summed E-state index contributed by atoms with van der Waals surface area (Å²) in [5.74, 6) is 3.75. The maximum absolute atomic E-state index is 6.31. The average Bonchev–Trinajstić information content (AvgIpc) is 2.90. The second kappa shape index (κ2) is 6.14. The number of benzene rings is 1.